The number of aromatic nitrogens is 1. The number of halogens is 1. The van der Waals surface area contributed by atoms with Crippen LogP contribution in [0, 0.1) is 19.7 Å². The number of pyridine rings is 1. The molecular weight excluding hydrogens is 525 g/mol. The van der Waals surface area contributed by atoms with Crippen molar-refractivity contribution in [2.75, 3.05) is 37.4 Å². The molecule has 1 aromatic heterocycles. The number of rotatable bonds is 8. The Morgan fingerprint density at radius 2 is 1.76 bits per heavy atom. The standard InChI is InChI=1S/C29H32FN5O4.C2H6/c1-18-10-11-23(22(30)14-18)31-27-25(29(39)32(3)4)26(19(2)28(38)33(27)5)35(17-36)21-9-6-8-20(15-21)16-24(37)34-12-7-13-34;1-2/h6,8-11,14-15,17,31H,7,12-13,16H2,1-5H3;1-2H3. The number of nitrogens with one attached hydrogen (secondary N) is 1. The van der Waals surface area contributed by atoms with Crippen LogP contribution in [0.4, 0.5) is 27.3 Å². The molecule has 4 rings (SSSR count). The molecule has 1 saturated heterocycles. The molecule has 3 aromatic rings. The van der Waals surface area contributed by atoms with Gasteiger partial charge in [-0.1, -0.05) is 32.0 Å². The molecule has 0 saturated carbocycles. The number of amides is 3. The van der Waals surface area contributed by atoms with E-state index in [0.717, 1.165) is 19.5 Å². The molecule has 3 amide bonds. The molecule has 41 heavy (non-hydrogen) atoms. The molecule has 0 bridgehead atoms. The zero-order valence-corrected chi connectivity index (χ0v) is 24.7. The number of benzene rings is 2. The molecule has 10 heteroatoms. The molecule has 0 radical (unpaired) electrons. The lowest BCUT2D eigenvalue weighted by Crippen LogP contribution is -2.42. The third kappa shape index (κ3) is 6.48. The van der Waals surface area contributed by atoms with Gasteiger partial charge < -0.3 is 15.1 Å². The molecule has 1 N–H and O–H groups in total. The molecule has 0 spiro atoms. The summed E-state index contributed by atoms with van der Waals surface area (Å²) < 4.78 is 16.1. The number of hydrogen-bond donors (Lipinski definition) is 1. The van der Waals surface area contributed by atoms with Gasteiger partial charge in [-0.2, -0.15) is 0 Å². The highest BCUT2D eigenvalue weighted by molar-refractivity contribution is 6.08. The average Bonchev–Trinajstić information content (AvgIpc) is 2.91. The highest BCUT2D eigenvalue weighted by Gasteiger charge is 2.30. The summed E-state index contributed by atoms with van der Waals surface area (Å²) in [5.74, 6) is -1.01. The smallest absolute Gasteiger partial charge is 0.259 e. The zero-order valence-electron chi connectivity index (χ0n) is 24.7. The van der Waals surface area contributed by atoms with Gasteiger partial charge in [0.15, 0.2) is 0 Å². The van der Waals surface area contributed by atoms with Crippen molar-refractivity contribution in [1.29, 1.82) is 0 Å². The second kappa shape index (κ2) is 13.3. The molecule has 0 aliphatic carbocycles. The summed E-state index contributed by atoms with van der Waals surface area (Å²) in [6, 6.07) is 11.4. The second-order valence-electron chi connectivity index (χ2n) is 9.93. The first-order valence-corrected chi connectivity index (χ1v) is 13.6. The fourth-order valence-electron chi connectivity index (χ4n) is 4.56. The lowest BCUT2D eigenvalue weighted by Gasteiger charge is -2.31. The van der Waals surface area contributed by atoms with Crippen molar-refractivity contribution in [3.63, 3.8) is 0 Å². The monoisotopic (exact) mass is 563 g/mol. The van der Waals surface area contributed by atoms with E-state index >= 15 is 0 Å². The molecule has 1 aliphatic rings. The molecule has 0 unspecified atom stereocenters. The van der Waals surface area contributed by atoms with Crippen LogP contribution in [0.1, 0.15) is 47.3 Å². The average molecular weight is 564 g/mol. The number of carbonyl (C=O) groups is 3. The van der Waals surface area contributed by atoms with E-state index in [-0.39, 0.29) is 40.6 Å². The van der Waals surface area contributed by atoms with E-state index in [2.05, 4.69) is 5.32 Å². The van der Waals surface area contributed by atoms with Crippen molar-refractivity contribution < 1.29 is 18.8 Å². The Hall–Kier alpha value is -4.47. The number of aryl methyl sites for hydroxylation is 1. The van der Waals surface area contributed by atoms with Gasteiger partial charge in [0, 0.05) is 45.5 Å². The summed E-state index contributed by atoms with van der Waals surface area (Å²) in [5, 5.41) is 2.92. The fourth-order valence-corrected chi connectivity index (χ4v) is 4.56. The minimum absolute atomic E-state index is 0.00380. The maximum Gasteiger partial charge on any atom is 0.259 e. The Bertz CT molecular complexity index is 1510. The molecule has 2 aromatic carbocycles. The molecule has 1 aliphatic heterocycles. The predicted molar refractivity (Wildman–Crippen MR) is 160 cm³/mol. The first kappa shape index (κ1) is 31.1. The lowest BCUT2D eigenvalue weighted by atomic mass is 10.0. The van der Waals surface area contributed by atoms with Crippen LogP contribution in [0.2, 0.25) is 0 Å². The Morgan fingerprint density at radius 3 is 2.32 bits per heavy atom. The summed E-state index contributed by atoms with van der Waals surface area (Å²) in [6.45, 7) is 8.76. The van der Waals surface area contributed by atoms with Crippen LogP contribution in [0.5, 0.6) is 0 Å². The maximum absolute atomic E-state index is 14.8. The third-order valence-electron chi connectivity index (χ3n) is 6.89. The van der Waals surface area contributed by atoms with E-state index < -0.39 is 17.3 Å². The van der Waals surface area contributed by atoms with E-state index in [1.165, 1.54) is 40.5 Å². The SMILES string of the molecule is CC.Cc1ccc(Nc2c(C(=O)N(C)C)c(N(C=O)c3cccc(CC(=O)N4CCC4)c3)c(C)c(=O)n2C)c(F)c1. The van der Waals surface area contributed by atoms with Gasteiger partial charge in [-0.15, -0.1) is 0 Å². The van der Waals surface area contributed by atoms with Crippen LogP contribution < -0.4 is 15.8 Å². The third-order valence-corrected chi connectivity index (χ3v) is 6.89. The largest absolute Gasteiger partial charge is 0.345 e. The first-order chi connectivity index (χ1) is 19.5. The minimum Gasteiger partial charge on any atom is -0.345 e. The molecular formula is C31H38FN5O4. The normalized spacial score (nSPS) is 12.0. The maximum atomic E-state index is 14.8. The van der Waals surface area contributed by atoms with E-state index in [9.17, 15) is 23.6 Å². The van der Waals surface area contributed by atoms with Crippen molar-refractivity contribution in [2.45, 2.75) is 40.5 Å². The number of hydrogen-bond acceptors (Lipinski definition) is 5. The van der Waals surface area contributed by atoms with Gasteiger partial charge >= 0.3 is 0 Å². The zero-order chi connectivity index (χ0) is 30.4. The van der Waals surface area contributed by atoms with E-state index in [4.69, 9.17) is 0 Å². The first-order valence-electron chi connectivity index (χ1n) is 13.6. The number of likely N-dealkylation sites (tertiary alicyclic amines) is 1. The minimum atomic E-state index is -0.556. The van der Waals surface area contributed by atoms with Crippen molar-refractivity contribution in [2.24, 2.45) is 7.05 Å². The molecule has 218 valence electrons. The lowest BCUT2D eigenvalue weighted by molar-refractivity contribution is -0.133. The second-order valence-corrected chi connectivity index (χ2v) is 9.93. The number of carbonyl (C=O) groups excluding carboxylic acids is 3. The highest BCUT2D eigenvalue weighted by Crippen LogP contribution is 2.36. The summed E-state index contributed by atoms with van der Waals surface area (Å²) in [5.41, 5.74) is 1.65. The van der Waals surface area contributed by atoms with Crippen LogP contribution in [-0.2, 0) is 23.1 Å². The summed E-state index contributed by atoms with van der Waals surface area (Å²) >= 11 is 0. The van der Waals surface area contributed by atoms with Crippen molar-refractivity contribution in [3.05, 3.63) is 80.9 Å². The van der Waals surface area contributed by atoms with Crippen molar-refractivity contribution >= 4 is 41.1 Å². The van der Waals surface area contributed by atoms with Gasteiger partial charge in [0.25, 0.3) is 11.5 Å². The molecule has 9 nitrogen and oxygen atoms in total. The van der Waals surface area contributed by atoms with Crippen LogP contribution in [0.25, 0.3) is 0 Å². The summed E-state index contributed by atoms with van der Waals surface area (Å²) in [7, 11) is 4.58. The van der Waals surface area contributed by atoms with Gasteiger partial charge in [0.2, 0.25) is 12.3 Å². The fraction of sp³-hybridized carbons (Fsp3) is 0.355. The van der Waals surface area contributed by atoms with E-state index in [1.54, 1.807) is 56.3 Å². The summed E-state index contributed by atoms with van der Waals surface area (Å²) in [6.07, 6.45) is 1.68. The van der Waals surface area contributed by atoms with E-state index in [1.807, 2.05) is 13.8 Å². The van der Waals surface area contributed by atoms with Crippen LogP contribution in [-0.4, -0.2) is 59.8 Å². The number of anilines is 4. The van der Waals surface area contributed by atoms with Crippen LogP contribution in [0.3, 0.4) is 0 Å². The van der Waals surface area contributed by atoms with Crippen molar-refractivity contribution in [3.8, 4) is 0 Å². The van der Waals surface area contributed by atoms with Crippen LogP contribution in [0.15, 0.2) is 47.3 Å². The Labute approximate surface area is 240 Å². The van der Waals surface area contributed by atoms with Gasteiger partial charge in [-0.25, -0.2) is 4.39 Å². The molecule has 0 atom stereocenters. The quantitative estimate of drug-likeness (QED) is 0.402. The van der Waals surface area contributed by atoms with Gasteiger partial charge in [-0.05, 0) is 55.7 Å². The van der Waals surface area contributed by atoms with Gasteiger partial charge in [0.1, 0.15) is 17.2 Å². The van der Waals surface area contributed by atoms with Crippen molar-refractivity contribution in [1.82, 2.24) is 14.4 Å². The van der Waals surface area contributed by atoms with Crippen LogP contribution >= 0.6 is 0 Å². The topological polar surface area (TPSA) is 95.0 Å². The van der Waals surface area contributed by atoms with Gasteiger partial charge in [-0.3, -0.25) is 28.6 Å². The summed E-state index contributed by atoms with van der Waals surface area (Å²) in [4.78, 5) is 56.4. The Morgan fingerprint density at radius 1 is 1.07 bits per heavy atom. The molecule has 1 fully saturated rings. The Balaban J connectivity index is 0.00000226. The van der Waals surface area contributed by atoms with E-state index in [0.29, 0.717) is 23.2 Å². The van der Waals surface area contributed by atoms with Gasteiger partial charge in [0.05, 0.1) is 17.8 Å². The molecule has 2 heterocycles. The predicted octanol–water partition coefficient (Wildman–Crippen LogP) is 4.68. The Kier molecular flexibility index (Phi) is 10.0. The number of nitrogens with zero attached hydrogens (tertiary/aromatic N) is 4. The highest BCUT2D eigenvalue weighted by atomic mass is 19.1.